The molecule has 0 radical (unpaired) electrons. The van der Waals surface area contributed by atoms with Crippen LogP contribution in [-0.4, -0.2) is 44.6 Å². The lowest BCUT2D eigenvalue weighted by molar-refractivity contribution is -0.130. The van der Waals surface area contributed by atoms with Crippen molar-refractivity contribution in [2.45, 2.75) is 51.3 Å². The molecule has 6 nitrogen and oxygen atoms in total. The molecular weight excluding hydrogens is 467 g/mol. The molecular formula is C27H33FN2O4S. The predicted molar refractivity (Wildman–Crippen MR) is 135 cm³/mol. The van der Waals surface area contributed by atoms with Crippen LogP contribution >= 0.6 is 0 Å². The molecule has 4 rings (SSSR count). The van der Waals surface area contributed by atoms with Crippen LogP contribution in [0, 0.1) is 11.7 Å². The summed E-state index contributed by atoms with van der Waals surface area (Å²) in [5, 5.41) is 3.28. The van der Waals surface area contributed by atoms with Crippen LogP contribution in [0.25, 0.3) is 5.57 Å². The summed E-state index contributed by atoms with van der Waals surface area (Å²) in [4.78, 5) is 14.2. The van der Waals surface area contributed by atoms with Crippen LogP contribution in [0.15, 0.2) is 42.6 Å². The highest BCUT2D eigenvalue weighted by Gasteiger charge is 2.41. The fraction of sp³-hybridized carbons (Fsp3) is 0.444. The van der Waals surface area contributed by atoms with Crippen LogP contribution in [0.5, 0.6) is 11.5 Å². The van der Waals surface area contributed by atoms with Gasteiger partial charge in [-0.15, -0.1) is 0 Å². The summed E-state index contributed by atoms with van der Waals surface area (Å²) in [6.45, 7) is 6.32. The average molecular weight is 501 g/mol. The first-order valence-corrected chi connectivity index (χ1v) is 14.0. The van der Waals surface area contributed by atoms with Crippen LogP contribution in [-0.2, 0) is 20.4 Å². The Morgan fingerprint density at radius 1 is 1.20 bits per heavy atom. The number of carbonyl (C=O) groups is 1. The van der Waals surface area contributed by atoms with Crippen molar-refractivity contribution in [3.63, 3.8) is 0 Å². The van der Waals surface area contributed by atoms with Gasteiger partial charge in [0.2, 0.25) is 5.91 Å². The Hall–Kier alpha value is -2.71. The summed E-state index contributed by atoms with van der Waals surface area (Å²) in [7, 11) is -1.54. The van der Waals surface area contributed by atoms with Gasteiger partial charge in [-0.3, -0.25) is 4.79 Å². The number of fused-ring (bicyclic) bond motifs is 1. The molecule has 2 aromatic carbocycles. The molecule has 188 valence electrons. The number of likely N-dealkylation sites (N-methyl/N-ethyl adjacent to an activating group) is 1. The van der Waals surface area contributed by atoms with Gasteiger partial charge in [0.05, 0.1) is 11.8 Å². The Balaban J connectivity index is 1.81. The smallest absolute Gasteiger partial charge is 0.244 e. The molecule has 2 heterocycles. The van der Waals surface area contributed by atoms with Gasteiger partial charge in [0.15, 0.2) is 21.4 Å². The van der Waals surface area contributed by atoms with Gasteiger partial charge in [-0.05, 0) is 60.2 Å². The molecule has 2 aliphatic rings. The van der Waals surface area contributed by atoms with E-state index in [9.17, 15) is 13.2 Å². The van der Waals surface area contributed by atoms with Crippen LogP contribution < -0.4 is 10.1 Å². The number of nitrogens with one attached hydrogen (secondary N) is 1. The minimum absolute atomic E-state index is 0.00395. The third-order valence-electron chi connectivity index (χ3n) is 7.11. The number of benzene rings is 2. The van der Waals surface area contributed by atoms with Crippen LogP contribution in [0.3, 0.4) is 0 Å². The third-order valence-corrected chi connectivity index (χ3v) is 8.76. The highest BCUT2D eigenvalue weighted by atomic mass is 32.2. The lowest BCUT2D eigenvalue weighted by Gasteiger charge is -2.32. The number of amides is 1. The van der Waals surface area contributed by atoms with E-state index in [1.165, 1.54) is 0 Å². The summed E-state index contributed by atoms with van der Waals surface area (Å²) in [6, 6.07) is 10.0. The monoisotopic (exact) mass is 500 g/mol. The van der Waals surface area contributed by atoms with Crippen molar-refractivity contribution < 1.29 is 22.3 Å². The molecule has 0 bridgehead atoms. The second-order valence-electron chi connectivity index (χ2n) is 9.44. The van der Waals surface area contributed by atoms with Crippen molar-refractivity contribution >= 4 is 21.3 Å². The Morgan fingerprint density at radius 3 is 2.69 bits per heavy atom. The Morgan fingerprint density at radius 2 is 1.97 bits per heavy atom. The quantitative estimate of drug-likeness (QED) is 0.560. The fourth-order valence-corrected chi connectivity index (χ4v) is 5.71. The molecule has 2 aromatic rings. The van der Waals surface area contributed by atoms with E-state index in [1.807, 2.05) is 19.9 Å². The van der Waals surface area contributed by atoms with Crippen LogP contribution in [0.4, 0.5) is 4.39 Å². The molecule has 0 aromatic heterocycles. The van der Waals surface area contributed by atoms with Crippen molar-refractivity contribution in [3.05, 3.63) is 65.1 Å². The van der Waals surface area contributed by atoms with Gasteiger partial charge in [0.25, 0.3) is 0 Å². The summed E-state index contributed by atoms with van der Waals surface area (Å²) >= 11 is 0. The maximum Gasteiger partial charge on any atom is 0.244 e. The molecule has 8 heteroatoms. The summed E-state index contributed by atoms with van der Waals surface area (Å²) in [5.74, 6) is 0.0844. The van der Waals surface area contributed by atoms with Gasteiger partial charge in [-0.2, -0.15) is 0 Å². The maximum absolute atomic E-state index is 15.4. The number of nitrogens with zero attached hydrogens (tertiary/aromatic N) is 1. The predicted octanol–water partition coefficient (Wildman–Crippen LogP) is 4.86. The third kappa shape index (κ3) is 5.14. The minimum Gasteiger partial charge on any atom is -0.454 e. The van der Waals surface area contributed by atoms with Gasteiger partial charge < -0.3 is 15.0 Å². The second-order valence-corrected chi connectivity index (χ2v) is 11.8. The average Bonchev–Trinajstić information content (AvgIpc) is 3.33. The number of ether oxygens (including phenoxy) is 1. The second kappa shape index (κ2) is 10.1. The summed E-state index contributed by atoms with van der Waals surface area (Å²) in [5.41, 5.74) is 2.79. The maximum atomic E-state index is 15.4. The number of hydrogen-bond donors (Lipinski definition) is 1. The first kappa shape index (κ1) is 25.4. The SMILES string of the molecule is CCC(C)c1cccc(Oc2ccc(CS(=O)(=O)CC)cc2C2=CN(C)C(=O)C3NCCC23)c1F. The van der Waals surface area contributed by atoms with Crippen molar-refractivity contribution in [2.24, 2.45) is 5.92 Å². The number of hydrogen-bond acceptors (Lipinski definition) is 5. The number of halogens is 1. The largest absolute Gasteiger partial charge is 0.454 e. The fourth-order valence-electron chi connectivity index (χ4n) is 4.82. The summed E-state index contributed by atoms with van der Waals surface area (Å²) < 4.78 is 46.2. The van der Waals surface area contributed by atoms with Crippen molar-refractivity contribution in [2.75, 3.05) is 19.3 Å². The van der Waals surface area contributed by atoms with E-state index < -0.39 is 15.7 Å². The number of carbonyl (C=O) groups excluding carboxylic acids is 1. The Labute approximate surface area is 207 Å². The van der Waals surface area contributed by atoms with E-state index in [0.29, 0.717) is 29.0 Å². The number of sulfone groups is 1. The molecule has 3 atom stereocenters. The topological polar surface area (TPSA) is 75.7 Å². The normalized spacial score (nSPS) is 21.0. The molecule has 1 saturated heterocycles. The first-order valence-electron chi connectivity index (χ1n) is 12.2. The molecule has 1 N–H and O–H groups in total. The Bertz CT molecular complexity index is 1260. The van der Waals surface area contributed by atoms with E-state index in [2.05, 4.69) is 5.32 Å². The van der Waals surface area contributed by atoms with Gasteiger partial charge in [0, 0.05) is 30.5 Å². The lowest BCUT2D eigenvalue weighted by Crippen LogP contribution is -2.46. The van der Waals surface area contributed by atoms with E-state index in [-0.39, 0.29) is 41.0 Å². The zero-order valence-corrected chi connectivity index (χ0v) is 21.5. The molecule has 0 spiro atoms. The lowest BCUT2D eigenvalue weighted by atomic mass is 9.84. The van der Waals surface area contributed by atoms with E-state index in [4.69, 9.17) is 4.74 Å². The zero-order chi connectivity index (χ0) is 25.3. The van der Waals surface area contributed by atoms with Crippen LogP contribution in [0.1, 0.15) is 56.2 Å². The molecule has 35 heavy (non-hydrogen) atoms. The highest BCUT2D eigenvalue weighted by Crippen LogP contribution is 2.42. The van der Waals surface area contributed by atoms with Crippen molar-refractivity contribution in [1.82, 2.24) is 10.2 Å². The standard InChI is InChI=1S/C27H33FN2O4S/c1-5-17(3)19-8-7-9-24(25(19)28)34-23-11-10-18(16-35(32,33)6-2)14-21(23)22-15-30(4)27(31)26-20(22)12-13-29-26/h7-11,14-15,17,20,26,29H,5-6,12-13,16H2,1-4H3. The minimum atomic E-state index is -3.25. The number of rotatable bonds is 8. The van der Waals surface area contributed by atoms with E-state index >= 15 is 4.39 Å². The molecule has 1 fully saturated rings. The van der Waals surface area contributed by atoms with Gasteiger partial charge in [0.1, 0.15) is 5.75 Å². The highest BCUT2D eigenvalue weighted by molar-refractivity contribution is 7.90. The van der Waals surface area contributed by atoms with E-state index in [1.54, 1.807) is 55.4 Å². The molecule has 2 aliphatic heterocycles. The van der Waals surface area contributed by atoms with Gasteiger partial charge in [-0.25, -0.2) is 12.8 Å². The van der Waals surface area contributed by atoms with E-state index in [0.717, 1.165) is 18.4 Å². The Kier molecular flexibility index (Phi) is 7.33. The van der Waals surface area contributed by atoms with Crippen LogP contribution in [0.2, 0.25) is 0 Å². The van der Waals surface area contributed by atoms with Crippen molar-refractivity contribution in [1.29, 1.82) is 0 Å². The molecule has 0 saturated carbocycles. The molecule has 1 amide bonds. The zero-order valence-electron chi connectivity index (χ0n) is 20.7. The molecule has 0 aliphatic carbocycles. The first-order chi connectivity index (χ1) is 16.6. The molecule has 3 unspecified atom stereocenters. The van der Waals surface area contributed by atoms with Gasteiger partial charge in [-0.1, -0.05) is 39.0 Å². The van der Waals surface area contributed by atoms with Crippen molar-refractivity contribution in [3.8, 4) is 11.5 Å². The van der Waals surface area contributed by atoms with Gasteiger partial charge >= 0.3 is 0 Å². The summed E-state index contributed by atoms with van der Waals surface area (Å²) in [6.07, 6.45) is 3.36.